The first kappa shape index (κ1) is 14.7. The van der Waals surface area contributed by atoms with E-state index in [2.05, 4.69) is 24.1 Å². The Morgan fingerprint density at radius 1 is 1.19 bits per heavy atom. The van der Waals surface area contributed by atoms with Crippen molar-refractivity contribution >= 4 is 28.9 Å². The summed E-state index contributed by atoms with van der Waals surface area (Å²) in [7, 11) is 2.09. The van der Waals surface area contributed by atoms with Gasteiger partial charge in [0.15, 0.2) is 0 Å². The molecule has 1 N–H and O–H groups in total. The highest BCUT2D eigenvalue weighted by Crippen LogP contribution is 2.31. The summed E-state index contributed by atoms with van der Waals surface area (Å²) >= 11 is 12.2. The molecule has 0 saturated carbocycles. The highest BCUT2D eigenvalue weighted by molar-refractivity contribution is 6.33. The van der Waals surface area contributed by atoms with Gasteiger partial charge in [0.05, 0.1) is 6.10 Å². The van der Waals surface area contributed by atoms with Crippen LogP contribution in [0, 0.1) is 0 Å². The van der Waals surface area contributed by atoms with E-state index in [1.807, 2.05) is 12.1 Å². The lowest BCUT2D eigenvalue weighted by Gasteiger charge is -2.15. The molecule has 0 bridgehead atoms. The number of fused-ring (bicyclic) bond motifs is 1. The number of likely N-dealkylation sites (N-methyl/N-ethyl adjacent to an activating group) is 1. The van der Waals surface area contributed by atoms with Gasteiger partial charge in [0, 0.05) is 35.7 Å². The molecule has 1 aliphatic heterocycles. The maximum atomic E-state index is 10.5. The summed E-state index contributed by atoms with van der Waals surface area (Å²) in [6, 6.07) is 11.5. The number of anilines is 1. The van der Waals surface area contributed by atoms with Crippen molar-refractivity contribution in [3.8, 4) is 0 Å². The molecule has 2 nitrogen and oxygen atoms in total. The van der Waals surface area contributed by atoms with Gasteiger partial charge in [-0.3, -0.25) is 0 Å². The van der Waals surface area contributed by atoms with Gasteiger partial charge in [-0.15, -0.1) is 0 Å². The molecule has 0 amide bonds. The van der Waals surface area contributed by atoms with E-state index in [1.165, 1.54) is 11.3 Å². The molecule has 0 spiro atoms. The van der Waals surface area contributed by atoms with Crippen molar-refractivity contribution in [1.29, 1.82) is 0 Å². The number of hydrogen-bond acceptors (Lipinski definition) is 2. The predicted octanol–water partition coefficient (Wildman–Crippen LogP) is 4.26. The standard InChI is InChI=1S/C17H17Cl2NO/c1-20-7-6-11-8-12(2-5-16(11)20)17(21)10-13-9-14(18)3-4-15(13)19/h2-5,8-9,17,21H,6-7,10H2,1H3. The van der Waals surface area contributed by atoms with E-state index in [1.54, 1.807) is 12.1 Å². The van der Waals surface area contributed by atoms with E-state index >= 15 is 0 Å². The first-order chi connectivity index (χ1) is 10.0. The van der Waals surface area contributed by atoms with Crippen LogP contribution in [0.4, 0.5) is 5.69 Å². The molecule has 3 rings (SSSR count). The molecule has 0 saturated heterocycles. The highest BCUT2D eigenvalue weighted by atomic mass is 35.5. The van der Waals surface area contributed by atoms with Crippen molar-refractivity contribution < 1.29 is 5.11 Å². The topological polar surface area (TPSA) is 23.5 Å². The minimum absolute atomic E-state index is 0.466. The molecule has 2 aromatic carbocycles. The fraction of sp³-hybridized carbons (Fsp3) is 0.294. The summed E-state index contributed by atoms with van der Waals surface area (Å²) in [5, 5.41) is 11.7. The number of hydrogen-bond donors (Lipinski definition) is 1. The molecule has 21 heavy (non-hydrogen) atoms. The molecular formula is C17H17Cl2NO. The van der Waals surface area contributed by atoms with Crippen molar-refractivity contribution in [2.75, 3.05) is 18.5 Å². The third kappa shape index (κ3) is 3.03. The van der Waals surface area contributed by atoms with Crippen molar-refractivity contribution in [2.45, 2.75) is 18.9 Å². The summed E-state index contributed by atoms with van der Waals surface area (Å²) < 4.78 is 0. The zero-order valence-corrected chi connectivity index (χ0v) is 13.3. The Kier molecular flexibility index (Phi) is 4.12. The number of rotatable bonds is 3. The van der Waals surface area contributed by atoms with E-state index in [4.69, 9.17) is 23.2 Å². The molecule has 1 unspecified atom stereocenters. The molecule has 2 aromatic rings. The van der Waals surface area contributed by atoms with Crippen LogP contribution >= 0.6 is 23.2 Å². The van der Waals surface area contributed by atoms with E-state index in [-0.39, 0.29) is 0 Å². The Labute approximate surface area is 134 Å². The van der Waals surface area contributed by atoms with Crippen molar-refractivity contribution in [3.63, 3.8) is 0 Å². The number of halogens is 2. The van der Waals surface area contributed by atoms with Gasteiger partial charge < -0.3 is 10.0 Å². The summed E-state index contributed by atoms with van der Waals surface area (Å²) in [5.74, 6) is 0. The molecule has 0 aromatic heterocycles. The minimum Gasteiger partial charge on any atom is -0.388 e. The van der Waals surface area contributed by atoms with E-state index in [0.29, 0.717) is 16.5 Å². The van der Waals surface area contributed by atoms with Crippen LogP contribution in [0.5, 0.6) is 0 Å². The lowest BCUT2D eigenvalue weighted by molar-refractivity contribution is 0.178. The molecule has 110 valence electrons. The fourth-order valence-corrected chi connectivity index (χ4v) is 3.21. The maximum absolute atomic E-state index is 10.5. The van der Waals surface area contributed by atoms with Crippen LogP contribution in [0.15, 0.2) is 36.4 Å². The van der Waals surface area contributed by atoms with Crippen molar-refractivity contribution in [1.82, 2.24) is 0 Å². The third-order valence-corrected chi connectivity index (χ3v) is 4.64. The van der Waals surface area contributed by atoms with E-state index in [0.717, 1.165) is 24.1 Å². The third-order valence-electron chi connectivity index (χ3n) is 4.04. The monoisotopic (exact) mass is 321 g/mol. The second-order valence-electron chi connectivity index (χ2n) is 5.52. The van der Waals surface area contributed by atoms with Crippen LogP contribution in [0.2, 0.25) is 10.0 Å². The smallest absolute Gasteiger partial charge is 0.0831 e. The molecule has 1 atom stereocenters. The van der Waals surface area contributed by atoms with Gasteiger partial charge in [-0.1, -0.05) is 35.3 Å². The minimum atomic E-state index is -0.572. The highest BCUT2D eigenvalue weighted by Gasteiger charge is 2.18. The predicted molar refractivity (Wildman–Crippen MR) is 88.5 cm³/mol. The largest absolute Gasteiger partial charge is 0.388 e. The van der Waals surface area contributed by atoms with Crippen LogP contribution in [0.3, 0.4) is 0 Å². The summed E-state index contributed by atoms with van der Waals surface area (Å²) in [6.45, 7) is 1.04. The number of nitrogens with zero attached hydrogens (tertiary/aromatic N) is 1. The molecular weight excluding hydrogens is 305 g/mol. The van der Waals surface area contributed by atoms with Crippen LogP contribution in [-0.2, 0) is 12.8 Å². The van der Waals surface area contributed by atoms with Crippen LogP contribution in [-0.4, -0.2) is 18.7 Å². The van der Waals surface area contributed by atoms with Crippen molar-refractivity contribution in [3.05, 3.63) is 63.1 Å². The first-order valence-electron chi connectivity index (χ1n) is 7.00. The van der Waals surface area contributed by atoms with Gasteiger partial charge in [0.1, 0.15) is 0 Å². The summed E-state index contributed by atoms with van der Waals surface area (Å²) in [6.07, 6.45) is 0.926. The van der Waals surface area contributed by atoms with E-state index in [9.17, 15) is 5.11 Å². The Morgan fingerprint density at radius 3 is 2.81 bits per heavy atom. The molecule has 0 aliphatic carbocycles. The van der Waals surface area contributed by atoms with Crippen molar-refractivity contribution in [2.24, 2.45) is 0 Å². The van der Waals surface area contributed by atoms with Crippen LogP contribution in [0.1, 0.15) is 22.8 Å². The van der Waals surface area contributed by atoms with Crippen LogP contribution < -0.4 is 4.90 Å². The maximum Gasteiger partial charge on any atom is 0.0831 e. The molecule has 1 heterocycles. The quantitative estimate of drug-likeness (QED) is 0.912. The number of aliphatic hydroxyl groups is 1. The first-order valence-corrected chi connectivity index (χ1v) is 7.76. The Balaban J connectivity index is 1.82. The lowest BCUT2D eigenvalue weighted by atomic mass is 9.99. The van der Waals surface area contributed by atoms with Crippen LogP contribution in [0.25, 0.3) is 0 Å². The SMILES string of the molecule is CN1CCc2cc(C(O)Cc3cc(Cl)ccc3Cl)ccc21. The Hall–Kier alpha value is -1.22. The summed E-state index contributed by atoms with van der Waals surface area (Å²) in [5.41, 5.74) is 4.35. The normalized spacial score (nSPS) is 15.1. The number of benzene rings is 2. The second-order valence-corrected chi connectivity index (χ2v) is 6.36. The van der Waals surface area contributed by atoms with Gasteiger partial charge in [-0.05, 0) is 47.4 Å². The van der Waals surface area contributed by atoms with Gasteiger partial charge >= 0.3 is 0 Å². The van der Waals surface area contributed by atoms with Gasteiger partial charge in [-0.25, -0.2) is 0 Å². The summed E-state index contributed by atoms with van der Waals surface area (Å²) in [4.78, 5) is 2.24. The average Bonchev–Trinajstić information content (AvgIpc) is 2.84. The second kappa shape index (κ2) is 5.88. The zero-order chi connectivity index (χ0) is 15.0. The average molecular weight is 322 g/mol. The zero-order valence-electron chi connectivity index (χ0n) is 11.8. The molecule has 1 aliphatic rings. The molecule has 0 fully saturated rings. The molecule has 4 heteroatoms. The number of aliphatic hydroxyl groups excluding tert-OH is 1. The Bertz CT molecular complexity index is 672. The molecule has 0 radical (unpaired) electrons. The lowest BCUT2D eigenvalue weighted by Crippen LogP contribution is -2.12. The van der Waals surface area contributed by atoms with Gasteiger partial charge in [0.25, 0.3) is 0 Å². The van der Waals surface area contributed by atoms with Gasteiger partial charge in [0.2, 0.25) is 0 Å². The van der Waals surface area contributed by atoms with E-state index < -0.39 is 6.10 Å². The van der Waals surface area contributed by atoms with Gasteiger partial charge in [-0.2, -0.15) is 0 Å². The fourth-order valence-electron chi connectivity index (χ4n) is 2.82. The Morgan fingerprint density at radius 2 is 2.00 bits per heavy atom.